The number of nitriles is 1. The predicted octanol–water partition coefficient (Wildman–Crippen LogP) is 2.89. The summed E-state index contributed by atoms with van der Waals surface area (Å²) in [4.78, 5) is 0. The molecular formula is C15H19N2OS+. The summed E-state index contributed by atoms with van der Waals surface area (Å²) in [6.07, 6.45) is 3.80. The predicted molar refractivity (Wildman–Crippen MR) is 79.0 cm³/mol. The zero-order valence-electron chi connectivity index (χ0n) is 11.3. The van der Waals surface area contributed by atoms with Gasteiger partial charge in [-0.25, -0.2) is 4.58 Å². The number of hydrogen-bond donors (Lipinski definition) is 0. The van der Waals surface area contributed by atoms with Crippen LogP contribution in [-0.2, 0) is 0 Å². The van der Waals surface area contributed by atoms with Crippen LogP contribution in [0.3, 0.4) is 0 Å². The Kier molecular flexibility index (Phi) is 5.29. The molecule has 0 amide bonds. The standard InChI is InChI=1S/C15H19N2OS/c1-18-14-7-5-13(6-8-14)15(19-12-9-16)17-10-3-2-4-11-17/h5-8H,2-4,10-12H2,1H3/q+1. The largest absolute Gasteiger partial charge is 0.497 e. The molecule has 0 spiro atoms. The van der Waals surface area contributed by atoms with Crippen LogP contribution in [0.1, 0.15) is 24.8 Å². The minimum Gasteiger partial charge on any atom is -0.497 e. The van der Waals surface area contributed by atoms with E-state index in [1.807, 2.05) is 12.1 Å². The summed E-state index contributed by atoms with van der Waals surface area (Å²) >= 11 is 1.64. The van der Waals surface area contributed by atoms with Crippen LogP contribution in [0.25, 0.3) is 0 Å². The number of thioether (sulfide) groups is 1. The highest BCUT2D eigenvalue weighted by Crippen LogP contribution is 2.19. The molecule has 0 saturated carbocycles. The number of nitrogens with zero attached hydrogens (tertiary/aromatic N) is 2. The zero-order chi connectivity index (χ0) is 13.5. The van der Waals surface area contributed by atoms with Gasteiger partial charge in [-0.1, -0.05) is 0 Å². The highest BCUT2D eigenvalue weighted by molar-refractivity contribution is 8.14. The van der Waals surface area contributed by atoms with Crippen molar-refractivity contribution in [3.63, 3.8) is 0 Å². The number of piperidine rings is 1. The van der Waals surface area contributed by atoms with Gasteiger partial charge in [-0.05, 0) is 42.4 Å². The van der Waals surface area contributed by atoms with Crippen LogP contribution in [0.5, 0.6) is 5.75 Å². The van der Waals surface area contributed by atoms with E-state index in [4.69, 9.17) is 10.00 Å². The maximum atomic E-state index is 8.82. The van der Waals surface area contributed by atoms with E-state index >= 15 is 0 Å². The molecule has 1 aromatic carbocycles. The fourth-order valence-corrected chi connectivity index (χ4v) is 3.16. The number of methoxy groups -OCH3 is 1. The molecule has 3 nitrogen and oxygen atoms in total. The lowest BCUT2D eigenvalue weighted by Crippen LogP contribution is -2.26. The van der Waals surface area contributed by atoms with Crippen LogP contribution in [0.4, 0.5) is 0 Å². The first-order valence-corrected chi connectivity index (χ1v) is 7.60. The Morgan fingerprint density at radius 3 is 2.53 bits per heavy atom. The van der Waals surface area contributed by atoms with Gasteiger partial charge in [-0.2, -0.15) is 5.26 Å². The van der Waals surface area contributed by atoms with Gasteiger partial charge in [0.05, 0.1) is 24.5 Å². The molecule has 4 heteroatoms. The van der Waals surface area contributed by atoms with E-state index in [2.05, 4.69) is 22.8 Å². The van der Waals surface area contributed by atoms with Crippen molar-refractivity contribution in [2.24, 2.45) is 0 Å². The van der Waals surface area contributed by atoms with Crippen LogP contribution in [0.15, 0.2) is 24.3 Å². The number of ether oxygens (including phenoxy) is 1. The molecule has 2 rings (SSSR count). The maximum absolute atomic E-state index is 8.82. The Morgan fingerprint density at radius 2 is 1.95 bits per heavy atom. The average molecular weight is 275 g/mol. The highest BCUT2D eigenvalue weighted by Gasteiger charge is 2.20. The van der Waals surface area contributed by atoms with Gasteiger partial charge >= 0.3 is 0 Å². The highest BCUT2D eigenvalue weighted by atomic mass is 32.2. The molecule has 100 valence electrons. The van der Waals surface area contributed by atoms with Crippen molar-refractivity contribution < 1.29 is 9.31 Å². The number of benzene rings is 1. The van der Waals surface area contributed by atoms with Crippen LogP contribution >= 0.6 is 11.8 Å². The van der Waals surface area contributed by atoms with Gasteiger partial charge in [0.1, 0.15) is 18.8 Å². The molecule has 0 atom stereocenters. The Hall–Kier alpha value is -1.47. The molecule has 0 unspecified atom stereocenters. The van der Waals surface area contributed by atoms with E-state index in [9.17, 15) is 0 Å². The van der Waals surface area contributed by atoms with E-state index < -0.39 is 0 Å². The third-order valence-electron chi connectivity index (χ3n) is 3.25. The molecule has 1 aliphatic rings. The summed E-state index contributed by atoms with van der Waals surface area (Å²) in [6.45, 7) is 2.19. The first kappa shape index (κ1) is 14.0. The second kappa shape index (κ2) is 7.20. The lowest BCUT2D eigenvalue weighted by Gasteiger charge is -2.13. The molecule has 1 heterocycles. The normalized spacial score (nSPS) is 14.8. The van der Waals surface area contributed by atoms with Crippen molar-refractivity contribution in [2.45, 2.75) is 19.3 Å². The summed E-state index contributed by atoms with van der Waals surface area (Å²) in [7, 11) is 1.68. The number of hydrogen-bond acceptors (Lipinski definition) is 3. The fraction of sp³-hybridized carbons (Fsp3) is 0.467. The summed E-state index contributed by atoms with van der Waals surface area (Å²) in [5.41, 5.74) is 1.18. The van der Waals surface area contributed by atoms with Crippen molar-refractivity contribution in [1.29, 1.82) is 5.26 Å². The van der Waals surface area contributed by atoms with Crippen LogP contribution < -0.4 is 4.74 Å². The van der Waals surface area contributed by atoms with Crippen molar-refractivity contribution in [2.75, 3.05) is 26.0 Å². The van der Waals surface area contributed by atoms with Gasteiger partial charge in [0.15, 0.2) is 0 Å². The lowest BCUT2D eigenvalue weighted by molar-refractivity contribution is -0.534. The Labute approximate surface area is 118 Å². The second-order valence-electron chi connectivity index (χ2n) is 4.53. The fourth-order valence-electron chi connectivity index (χ4n) is 2.29. The smallest absolute Gasteiger partial charge is 0.243 e. The van der Waals surface area contributed by atoms with Crippen molar-refractivity contribution in [3.8, 4) is 11.8 Å². The van der Waals surface area contributed by atoms with Gasteiger partial charge in [0.2, 0.25) is 5.04 Å². The Balaban J connectivity index is 2.27. The Bertz CT molecular complexity index is 480. The molecule has 0 aliphatic carbocycles. The molecule has 0 N–H and O–H groups in total. The molecule has 1 aliphatic heterocycles. The van der Waals surface area contributed by atoms with Gasteiger partial charge < -0.3 is 4.74 Å². The van der Waals surface area contributed by atoms with Crippen molar-refractivity contribution >= 4 is 16.8 Å². The summed E-state index contributed by atoms with van der Waals surface area (Å²) < 4.78 is 7.60. The quantitative estimate of drug-likeness (QED) is 0.628. The third kappa shape index (κ3) is 3.74. The SMILES string of the molecule is COc1ccc(C(SCC#N)=[N+]2CCCCC2)cc1. The van der Waals surface area contributed by atoms with Gasteiger partial charge in [0, 0.05) is 12.8 Å². The van der Waals surface area contributed by atoms with Gasteiger partial charge in [-0.3, -0.25) is 0 Å². The van der Waals surface area contributed by atoms with E-state index in [-0.39, 0.29) is 0 Å². The molecule has 0 aromatic heterocycles. The molecule has 1 saturated heterocycles. The monoisotopic (exact) mass is 275 g/mol. The first-order valence-electron chi connectivity index (χ1n) is 6.61. The van der Waals surface area contributed by atoms with E-state index in [1.54, 1.807) is 18.9 Å². The maximum Gasteiger partial charge on any atom is 0.243 e. The van der Waals surface area contributed by atoms with Gasteiger partial charge in [0.25, 0.3) is 0 Å². The molecule has 1 fully saturated rings. The molecule has 0 bridgehead atoms. The topological polar surface area (TPSA) is 36.0 Å². The third-order valence-corrected chi connectivity index (χ3v) is 4.29. The van der Waals surface area contributed by atoms with Crippen molar-refractivity contribution in [3.05, 3.63) is 29.8 Å². The minimum absolute atomic E-state index is 0.498. The summed E-state index contributed by atoms with van der Waals surface area (Å²) in [6, 6.07) is 10.3. The van der Waals surface area contributed by atoms with Crippen LogP contribution in [0.2, 0.25) is 0 Å². The van der Waals surface area contributed by atoms with Crippen LogP contribution in [0, 0.1) is 11.3 Å². The first-order chi connectivity index (χ1) is 9.35. The Morgan fingerprint density at radius 1 is 1.26 bits per heavy atom. The van der Waals surface area contributed by atoms with Crippen molar-refractivity contribution in [1.82, 2.24) is 0 Å². The molecule has 1 aromatic rings. The molecular weight excluding hydrogens is 256 g/mol. The van der Waals surface area contributed by atoms with E-state index in [1.165, 1.54) is 29.9 Å². The summed E-state index contributed by atoms with van der Waals surface area (Å²) in [5, 5.41) is 10.0. The number of rotatable bonds is 3. The average Bonchev–Trinajstić information content (AvgIpc) is 2.49. The van der Waals surface area contributed by atoms with Gasteiger partial charge in [-0.15, -0.1) is 0 Å². The molecule has 19 heavy (non-hydrogen) atoms. The zero-order valence-corrected chi connectivity index (χ0v) is 12.1. The lowest BCUT2D eigenvalue weighted by atomic mass is 10.1. The minimum atomic E-state index is 0.498. The molecule has 0 radical (unpaired) electrons. The van der Waals surface area contributed by atoms with E-state index in [0.29, 0.717) is 5.75 Å². The van der Waals surface area contributed by atoms with Crippen LogP contribution in [-0.4, -0.2) is 35.6 Å². The summed E-state index contributed by atoms with van der Waals surface area (Å²) in [5.74, 6) is 1.37. The second-order valence-corrected chi connectivity index (χ2v) is 5.49. The van der Waals surface area contributed by atoms with E-state index in [0.717, 1.165) is 18.8 Å².